The van der Waals surface area contributed by atoms with E-state index in [0.717, 1.165) is 33.9 Å². The molecule has 0 aliphatic carbocycles. The maximum absolute atomic E-state index is 2.35. The van der Waals surface area contributed by atoms with Gasteiger partial charge in [0, 0.05) is 34.1 Å². The van der Waals surface area contributed by atoms with Crippen molar-refractivity contribution >= 4 is 46.3 Å². The van der Waals surface area contributed by atoms with Crippen LogP contribution in [0.3, 0.4) is 0 Å². The first-order chi connectivity index (χ1) is 22.3. The molecule has 6 aromatic carbocycles. The lowest BCUT2D eigenvalue weighted by atomic mass is 9.87. The normalized spacial score (nSPS) is 11.5. The van der Waals surface area contributed by atoms with Crippen LogP contribution in [0.25, 0.3) is 12.2 Å². The summed E-state index contributed by atoms with van der Waals surface area (Å²) >= 11 is 0. The van der Waals surface area contributed by atoms with Crippen molar-refractivity contribution in [3.05, 3.63) is 179 Å². The van der Waals surface area contributed by atoms with Crippen LogP contribution in [0.15, 0.2) is 152 Å². The number of para-hydroxylation sites is 3. The zero-order valence-corrected chi connectivity index (χ0v) is 27.5. The molecule has 0 heterocycles. The highest BCUT2D eigenvalue weighted by Gasteiger charge is 2.17. The molecule has 0 fully saturated rings. The van der Waals surface area contributed by atoms with Crippen LogP contribution < -0.4 is 9.80 Å². The molecule has 0 radical (unpaired) electrons. The predicted octanol–water partition coefficient (Wildman–Crippen LogP) is 12.7. The van der Waals surface area contributed by atoms with Crippen molar-refractivity contribution in [2.24, 2.45) is 0 Å². The molecule has 0 aliphatic rings. The van der Waals surface area contributed by atoms with Crippen molar-refractivity contribution in [2.75, 3.05) is 9.80 Å². The summed E-state index contributed by atoms with van der Waals surface area (Å²) in [5.74, 6) is 0. The maximum atomic E-state index is 2.35. The van der Waals surface area contributed by atoms with Crippen molar-refractivity contribution in [1.82, 2.24) is 0 Å². The number of nitrogens with zero attached hydrogens (tertiary/aromatic N) is 2. The summed E-state index contributed by atoms with van der Waals surface area (Å²) in [4.78, 5) is 4.67. The standard InChI is InChI=1S/C44H42N2/c1-33-13-9-11-17-42(33)46(43-18-12-10-14-34(43)2)41-29-23-36(24-30-41)20-19-35-21-27-39(28-22-35)45(38-15-7-6-8-16-38)40-31-25-37(26-32-40)44(3,4)5/h6-32H,1-5H3/b20-19+. The molecule has 2 heteroatoms. The Morgan fingerprint density at radius 3 is 1.20 bits per heavy atom. The second-order valence-electron chi connectivity index (χ2n) is 12.9. The zero-order valence-electron chi connectivity index (χ0n) is 27.5. The summed E-state index contributed by atoms with van der Waals surface area (Å²) in [6.07, 6.45) is 4.37. The van der Waals surface area contributed by atoms with E-state index >= 15 is 0 Å². The minimum Gasteiger partial charge on any atom is -0.311 e. The lowest BCUT2D eigenvalue weighted by Gasteiger charge is -2.28. The minimum atomic E-state index is 0.117. The molecule has 6 rings (SSSR count). The molecule has 228 valence electrons. The summed E-state index contributed by atoms with van der Waals surface area (Å²) in [6.45, 7) is 11.1. The van der Waals surface area contributed by atoms with Crippen LogP contribution in [-0.2, 0) is 5.41 Å². The van der Waals surface area contributed by atoms with E-state index in [-0.39, 0.29) is 5.41 Å². The molecule has 0 saturated heterocycles. The van der Waals surface area contributed by atoms with Crippen molar-refractivity contribution in [3.8, 4) is 0 Å². The van der Waals surface area contributed by atoms with E-state index in [2.05, 4.69) is 208 Å². The predicted molar refractivity (Wildman–Crippen MR) is 199 cm³/mol. The van der Waals surface area contributed by atoms with Crippen LogP contribution in [0.5, 0.6) is 0 Å². The van der Waals surface area contributed by atoms with Gasteiger partial charge in [-0.3, -0.25) is 0 Å². The highest BCUT2D eigenvalue weighted by atomic mass is 15.1. The highest BCUT2D eigenvalue weighted by molar-refractivity contribution is 5.82. The Balaban J connectivity index is 1.24. The van der Waals surface area contributed by atoms with Crippen molar-refractivity contribution in [2.45, 2.75) is 40.0 Å². The molecule has 0 unspecified atom stereocenters. The largest absolute Gasteiger partial charge is 0.311 e. The van der Waals surface area contributed by atoms with Gasteiger partial charge in [-0.15, -0.1) is 0 Å². The molecular formula is C44H42N2. The first-order valence-electron chi connectivity index (χ1n) is 16.0. The molecule has 0 aliphatic heterocycles. The van der Waals surface area contributed by atoms with Crippen LogP contribution in [-0.4, -0.2) is 0 Å². The first kappa shape index (κ1) is 30.7. The SMILES string of the molecule is Cc1ccccc1N(c1ccc(/C=C/c2ccc(N(c3ccccc3)c3ccc(C(C)(C)C)cc3)cc2)cc1)c1ccccc1C. The average molecular weight is 599 g/mol. The van der Waals surface area contributed by atoms with Gasteiger partial charge in [0.1, 0.15) is 0 Å². The quantitative estimate of drug-likeness (QED) is 0.161. The first-order valence-corrected chi connectivity index (χ1v) is 16.0. The molecule has 0 atom stereocenters. The van der Waals surface area contributed by atoms with E-state index in [1.54, 1.807) is 0 Å². The fourth-order valence-electron chi connectivity index (χ4n) is 5.83. The summed E-state index contributed by atoms with van der Waals surface area (Å²) in [5, 5.41) is 0. The Bertz CT molecular complexity index is 1870. The van der Waals surface area contributed by atoms with E-state index in [9.17, 15) is 0 Å². The number of hydrogen-bond donors (Lipinski definition) is 0. The minimum absolute atomic E-state index is 0.117. The highest BCUT2D eigenvalue weighted by Crippen LogP contribution is 2.39. The maximum Gasteiger partial charge on any atom is 0.0490 e. The van der Waals surface area contributed by atoms with Gasteiger partial charge in [-0.05, 0) is 108 Å². The van der Waals surface area contributed by atoms with Gasteiger partial charge in [0.15, 0.2) is 0 Å². The van der Waals surface area contributed by atoms with Gasteiger partial charge in [-0.2, -0.15) is 0 Å². The van der Waals surface area contributed by atoms with Crippen molar-refractivity contribution in [1.29, 1.82) is 0 Å². The zero-order chi connectivity index (χ0) is 32.1. The average Bonchev–Trinajstić information content (AvgIpc) is 3.07. The Morgan fingerprint density at radius 2 is 0.761 bits per heavy atom. The third kappa shape index (κ3) is 6.82. The monoisotopic (exact) mass is 598 g/mol. The van der Waals surface area contributed by atoms with Gasteiger partial charge in [0.05, 0.1) is 0 Å². The van der Waals surface area contributed by atoms with Gasteiger partial charge in [-0.1, -0.05) is 124 Å². The van der Waals surface area contributed by atoms with Crippen LogP contribution in [0.1, 0.15) is 48.6 Å². The summed E-state index contributed by atoms with van der Waals surface area (Å²) < 4.78 is 0. The molecule has 0 aromatic heterocycles. The number of anilines is 6. The van der Waals surface area contributed by atoms with E-state index in [4.69, 9.17) is 0 Å². The lowest BCUT2D eigenvalue weighted by Crippen LogP contribution is -2.13. The van der Waals surface area contributed by atoms with E-state index < -0.39 is 0 Å². The van der Waals surface area contributed by atoms with Gasteiger partial charge in [0.2, 0.25) is 0 Å². The molecule has 0 saturated carbocycles. The van der Waals surface area contributed by atoms with Gasteiger partial charge >= 0.3 is 0 Å². The van der Waals surface area contributed by atoms with Crippen LogP contribution in [0.2, 0.25) is 0 Å². The number of rotatable bonds is 8. The smallest absolute Gasteiger partial charge is 0.0490 e. The Labute approximate surface area is 274 Å². The third-order valence-corrected chi connectivity index (χ3v) is 8.49. The number of aryl methyl sites for hydroxylation is 2. The summed E-state index contributed by atoms with van der Waals surface area (Å²) in [5.41, 5.74) is 13.2. The van der Waals surface area contributed by atoms with Crippen LogP contribution in [0.4, 0.5) is 34.1 Å². The fourth-order valence-corrected chi connectivity index (χ4v) is 5.83. The topological polar surface area (TPSA) is 6.48 Å². The van der Waals surface area contributed by atoms with Gasteiger partial charge < -0.3 is 9.80 Å². The lowest BCUT2D eigenvalue weighted by molar-refractivity contribution is 0.590. The second-order valence-corrected chi connectivity index (χ2v) is 12.9. The molecule has 0 bridgehead atoms. The molecule has 2 nitrogen and oxygen atoms in total. The molecule has 0 N–H and O–H groups in total. The Morgan fingerprint density at radius 1 is 0.391 bits per heavy atom. The van der Waals surface area contributed by atoms with Crippen molar-refractivity contribution < 1.29 is 0 Å². The molecular weight excluding hydrogens is 556 g/mol. The molecule has 46 heavy (non-hydrogen) atoms. The summed E-state index contributed by atoms with van der Waals surface area (Å²) in [6, 6.07) is 54.3. The second kappa shape index (κ2) is 13.3. The Kier molecular flexibility index (Phi) is 8.90. The summed E-state index contributed by atoms with van der Waals surface area (Å²) in [7, 11) is 0. The fraction of sp³-hybridized carbons (Fsp3) is 0.136. The van der Waals surface area contributed by atoms with Crippen LogP contribution >= 0.6 is 0 Å². The molecule has 6 aromatic rings. The Hall–Kier alpha value is -5.34. The van der Waals surface area contributed by atoms with Crippen molar-refractivity contribution in [3.63, 3.8) is 0 Å². The van der Waals surface area contributed by atoms with E-state index in [1.807, 2.05) is 0 Å². The molecule has 0 spiro atoms. The van der Waals surface area contributed by atoms with Gasteiger partial charge in [0.25, 0.3) is 0 Å². The number of hydrogen-bond acceptors (Lipinski definition) is 2. The molecule has 0 amide bonds. The van der Waals surface area contributed by atoms with Gasteiger partial charge in [-0.25, -0.2) is 0 Å². The van der Waals surface area contributed by atoms with E-state index in [1.165, 1.54) is 28.1 Å². The third-order valence-electron chi connectivity index (χ3n) is 8.49. The van der Waals surface area contributed by atoms with E-state index in [0.29, 0.717) is 0 Å². The van der Waals surface area contributed by atoms with Crippen LogP contribution in [0, 0.1) is 13.8 Å². The number of benzene rings is 6.